The highest BCUT2D eigenvalue weighted by Gasteiger charge is 2.20. The van der Waals surface area contributed by atoms with Crippen LogP contribution in [0.15, 0.2) is 36.0 Å². The van der Waals surface area contributed by atoms with E-state index in [1.54, 1.807) is 11.3 Å². The first kappa shape index (κ1) is 12.9. The molecule has 1 N–H and O–H groups in total. The van der Waals surface area contributed by atoms with E-state index in [2.05, 4.69) is 4.98 Å². The molecule has 0 bridgehead atoms. The Kier molecular flexibility index (Phi) is 3.16. The zero-order chi connectivity index (χ0) is 14.2. The summed E-state index contributed by atoms with van der Waals surface area (Å²) in [5.41, 5.74) is 3.10. The maximum absolute atomic E-state index is 10.1. The summed E-state index contributed by atoms with van der Waals surface area (Å²) in [6, 6.07) is 5.93. The fourth-order valence-corrected chi connectivity index (χ4v) is 3.64. The van der Waals surface area contributed by atoms with E-state index < -0.39 is 0 Å². The molecule has 1 aromatic carbocycles. The van der Waals surface area contributed by atoms with Crippen LogP contribution < -0.4 is 4.74 Å². The monoisotopic (exact) mass is 300 g/mol. The van der Waals surface area contributed by atoms with E-state index in [1.165, 1.54) is 0 Å². The second-order valence-corrected chi connectivity index (χ2v) is 6.22. The van der Waals surface area contributed by atoms with E-state index in [1.807, 2.05) is 40.4 Å². The number of thiazole rings is 1. The number of ether oxygens (including phenoxy) is 1. The van der Waals surface area contributed by atoms with Crippen LogP contribution in [0.3, 0.4) is 0 Å². The average molecular weight is 300 g/mol. The lowest BCUT2D eigenvalue weighted by atomic mass is 9.89. The highest BCUT2D eigenvalue weighted by atomic mass is 32.1. The molecule has 4 rings (SSSR count). The molecule has 0 spiro atoms. The van der Waals surface area contributed by atoms with Gasteiger partial charge in [0.25, 0.3) is 0 Å². The van der Waals surface area contributed by atoms with Crippen molar-refractivity contribution in [1.82, 2.24) is 9.38 Å². The smallest absolute Gasteiger partial charge is 0.193 e. The molecular formula is C16H16N2O2S. The second kappa shape index (κ2) is 5.16. The van der Waals surface area contributed by atoms with Gasteiger partial charge in [0.1, 0.15) is 12.4 Å². The number of aliphatic hydroxyl groups is 1. The zero-order valence-electron chi connectivity index (χ0n) is 11.5. The first-order valence-corrected chi connectivity index (χ1v) is 8.03. The zero-order valence-corrected chi connectivity index (χ0v) is 12.3. The van der Waals surface area contributed by atoms with Crippen LogP contribution in [0, 0.1) is 0 Å². The van der Waals surface area contributed by atoms with E-state index in [0.717, 1.165) is 46.8 Å². The van der Waals surface area contributed by atoms with E-state index >= 15 is 0 Å². The van der Waals surface area contributed by atoms with Crippen LogP contribution in [0.5, 0.6) is 5.75 Å². The minimum atomic E-state index is -0.352. The summed E-state index contributed by atoms with van der Waals surface area (Å²) in [5, 5.41) is 12.1. The molecule has 0 saturated heterocycles. The van der Waals surface area contributed by atoms with Gasteiger partial charge >= 0.3 is 0 Å². The fraction of sp³-hybridized carbons (Fsp3) is 0.312. The Morgan fingerprint density at radius 1 is 1.43 bits per heavy atom. The van der Waals surface area contributed by atoms with Crippen molar-refractivity contribution in [3.05, 3.63) is 52.8 Å². The molecule has 0 aliphatic heterocycles. The third-order valence-electron chi connectivity index (χ3n) is 3.95. The Hall–Kier alpha value is -1.85. The minimum absolute atomic E-state index is 0.352. The molecule has 3 aromatic rings. The van der Waals surface area contributed by atoms with Crippen LogP contribution in [0.4, 0.5) is 0 Å². The van der Waals surface area contributed by atoms with Gasteiger partial charge in [-0.05, 0) is 36.5 Å². The van der Waals surface area contributed by atoms with Crippen molar-refractivity contribution in [2.75, 3.05) is 0 Å². The van der Waals surface area contributed by atoms with Crippen molar-refractivity contribution in [1.29, 1.82) is 0 Å². The van der Waals surface area contributed by atoms with Gasteiger partial charge in [-0.25, -0.2) is 4.98 Å². The number of rotatable bonds is 3. The summed E-state index contributed by atoms with van der Waals surface area (Å²) in [6.45, 7) is 0.459. The molecule has 1 unspecified atom stereocenters. The number of fused-ring (bicyclic) bond motifs is 2. The molecule has 0 fully saturated rings. The third kappa shape index (κ3) is 2.32. The Balaban J connectivity index is 1.57. The minimum Gasteiger partial charge on any atom is -0.487 e. The number of aromatic nitrogens is 2. The van der Waals surface area contributed by atoms with Crippen LogP contribution in [0.1, 0.15) is 35.8 Å². The Morgan fingerprint density at radius 2 is 2.38 bits per heavy atom. The topological polar surface area (TPSA) is 46.8 Å². The second-order valence-electron chi connectivity index (χ2n) is 5.35. The number of benzene rings is 1. The molecule has 0 radical (unpaired) electrons. The standard InChI is InChI=1S/C16H16N2O2S/c19-14-5-1-4-13-12(14)3-2-6-15(13)20-10-11-9-18-7-8-21-16(18)17-11/h2-3,6-9,14,19H,1,4-5,10H2. The molecule has 1 atom stereocenters. The van der Waals surface area contributed by atoms with Crippen LogP contribution >= 0.6 is 11.3 Å². The molecule has 4 nitrogen and oxygen atoms in total. The van der Waals surface area contributed by atoms with Crippen LogP contribution in [-0.2, 0) is 13.0 Å². The maximum Gasteiger partial charge on any atom is 0.193 e. The molecule has 1 aliphatic rings. The van der Waals surface area contributed by atoms with Crippen molar-refractivity contribution < 1.29 is 9.84 Å². The first-order valence-electron chi connectivity index (χ1n) is 7.15. The lowest BCUT2D eigenvalue weighted by molar-refractivity contribution is 0.155. The average Bonchev–Trinajstić information content (AvgIpc) is 3.07. The summed E-state index contributed by atoms with van der Waals surface area (Å²) < 4.78 is 7.96. The lowest BCUT2D eigenvalue weighted by Crippen LogP contribution is -2.11. The fourth-order valence-electron chi connectivity index (χ4n) is 2.92. The molecule has 0 amide bonds. The van der Waals surface area contributed by atoms with E-state index in [9.17, 15) is 5.11 Å². The van der Waals surface area contributed by atoms with Crippen LogP contribution in [0.25, 0.3) is 4.96 Å². The van der Waals surface area contributed by atoms with Gasteiger partial charge in [0.2, 0.25) is 0 Å². The van der Waals surface area contributed by atoms with Gasteiger partial charge < -0.3 is 9.84 Å². The van der Waals surface area contributed by atoms with Gasteiger partial charge in [-0.2, -0.15) is 0 Å². The highest BCUT2D eigenvalue weighted by Crippen LogP contribution is 2.35. The van der Waals surface area contributed by atoms with Crippen molar-refractivity contribution in [3.63, 3.8) is 0 Å². The number of nitrogens with zero attached hydrogens (tertiary/aromatic N) is 2. The predicted octanol–water partition coefficient (Wildman–Crippen LogP) is 3.34. The van der Waals surface area contributed by atoms with E-state index in [0.29, 0.717) is 6.61 Å². The summed E-state index contributed by atoms with van der Waals surface area (Å²) in [6.07, 6.45) is 6.46. The van der Waals surface area contributed by atoms with Crippen LogP contribution in [0.2, 0.25) is 0 Å². The quantitative estimate of drug-likeness (QED) is 0.807. The Labute approximate surface area is 126 Å². The van der Waals surface area contributed by atoms with Crippen LogP contribution in [-0.4, -0.2) is 14.5 Å². The highest BCUT2D eigenvalue weighted by molar-refractivity contribution is 7.15. The summed E-state index contributed by atoms with van der Waals surface area (Å²) in [4.78, 5) is 5.51. The van der Waals surface area contributed by atoms with Gasteiger partial charge in [-0.15, -0.1) is 11.3 Å². The molecule has 5 heteroatoms. The summed E-state index contributed by atoms with van der Waals surface area (Å²) in [7, 11) is 0. The molecule has 21 heavy (non-hydrogen) atoms. The van der Waals surface area contributed by atoms with Gasteiger partial charge in [0, 0.05) is 17.8 Å². The largest absolute Gasteiger partial charge is 0.487 e. The number of aliphatic hydroxyl groups excluding tert-OH is 1. The Morgan fingerprint density at radius 3 is 3.29 bits per heavy atom. The lowest BCUT2D eigenvalue weighted by Gasteiger charge is -2.23. The number of hydrogen-bond donors (Lipinski definition) is 1. The third-order valence-corrected chi connectivity index (χ3v) is 4.72. The number of imidazole rings is 1. The van der Waals surface area contributed by atoms with Gasteiger partial charge in [0.15, 0.2) is 4.96 Å². The van der Waals surface area contributed by atoms with Crippen molar-refractivity contribution in [3.8, 4) is 5.75 Å². The first-order chi connectivity index (χ1) is 10.3. The predicted molar refractivity (Wildman–Crippen MR) is 81.7 cm³/mol. The van der Waals surface area contributed by atoms with Crippen molar-refractivity contribution >= 4 is 16.3 Å². The van der Waals surface area contributed by atoms with Crippen molar-refractivity contribution in [2.45, 2.75) is 32.0 Å². The summed E-state index contributed by atoms with van der Waals surface area (Å²) >= 11 is 1.62. The van der Waals surface area contributed by atoms with Gasteiger partial charge in [0.05, 0.1) is 11.8 Å². The molecule has 0 saturated carbocycles. The van der Waals surface area contributed by atoms with E-state index in [4.69, 9.17) is 4.74 Å². The molecular weight excluding hydrogens is 284 g/mol. The van der Waals surface area contributed by atoms with Crippen molar-refractivity contribution in [2.24, 2.45) is 0 Å². The normalized spacial score (nSPS) is 17.9. The number of hydrogen-bond acceptors (Lipinski definition) is 4. The van der Waals surface area contributed by atoms with Gasteiger partial charge in [-0.1, -0.05) is 12.1 Å². The molecule has 1 aliphatic carbocycles. The summed E-state index contributed by atoms with van der Waals surface area (Å²) in [5.74, 6) is 0.877. The molecule has 2 aromatic heterocycles. The van der Waals surface area contributed by atoms with E-state index in [-0.39, 0.29) is 6.10 Å². The SMILES string of the molecule is OC1CCCc2c(OCc3cn4ccsc4n3)cccc21. The molecule has 108 valence electrons. The van der Waals surface area contributed by atoms with Gasteiger partial charge in [-0.3, -0.25) is 4.40 Å². The Bertz CT molecular complexity index is 749. The maximum atomic E-state index is 10.1. The molecule has 2 heterocycles.